The number of phenols is 2. The SMILES string of the molecule is COc1cccc2c1C(=O)c1c(O)c3c(c(O)c1C2=O)C[C@@](O)(C(=O)O)C[C@@H]3O[C@H]1CC[C@H](O[C@@H]2COCCN2)[C@H](C)O1. The molecule has 2 aliphatic heterocycles. The second-order valence-corrected chi connectivity index (χ2v) is 11.3. The number of ether oxygens (including phenoxy) is 5. The Bertz CT molecular complexity index is 1480. The van der Waals surface area contributed by atoms with Gasteiger partial charge in [0.15, 0.2) is 17.7 Å². The molecule has 6 rings (SSSR count). The lowest BCUT2D eigenvalue weighted by molar-refractivity contribution is -0.259. The summed E-state index contributed by atoms with van der Waals surface area (Å²) < 4.78 is 29.1. The lowest BCUT2D eigenvalue weighted by Gasteiger charge is -2.41. The van der Waals surface area contributed by atoms with Gasteiger partial charge in [0.25, 0.3) is 0 Å². The number of carboxylic acid groups (broad SMARTS) is 1. The van der Waals surface area contributed by atoms with E-state index in [2.05, 4.69) is 5.32 Å². The summed E-state index contributed by atoms with van der Waals surface area (Å²) in [5, 5.41) is 47.2. The number of ketones is 2. The number of hydrogen-bond donors (Lipinski definition) is 5. The molecule has 0 saturated carbocycles. The third-order valence-electron chi connectivity index (χ3n) is 8.59. The summed E-state index contributed by atoms with van der Waals surface area (Å²) in [6.07, 6.45) is -3.49. The molecular formula is C30H33NO12. The third kappa shape index (κ3) is 4.95. The van der Waals surface area contributed by atoms with E-state index in [-0.39, 0.29) is 40.3 Å². The zero-order chi connectivity index (χ0) is 30.6. The van der Waals surface area contributed by atoms with Crippen LogP contribution in [0.5, 0.6) is 17.2 Å². The predicted octanol–water partition coefficient (Wildman–Crippen LogP) is 1.56. The highest BCUT2D eigenvalue weighted by Crippen LogP contribution is 2.52. The number of carboxylic acids is 1. The van der Waals surface area contributed by atoms with Crippen molar-refractivity contribution < 1.29 is 58.5 Å². The first-order valence-corrected chi connectivity index (χ1v) is 14.1. The van der Waals surface area contributed by atoms with Crippen LogP contribution in [0.2, 0.25) is 0 Å². The largest absolute Gasteiger partial charge is 0.507 e. The molecule has 13 heteroatoms. The minimum Gasteiger partial charge on any atom is -0.507 e. The van der Waals surface area contributed by atoms with Crippen molar-refractivity contribution in [1.29, 1.82) is 0 Å². The van der Waals surface area contributed by atoms with Crippen LogP contribution in [0.15, 0.2) is 18.2 Å². The van der Waals surface area contributed by atoms with E-state index < -0.39 is 77.1 Å². The predicted molar refractivity (Wildman–Crippen MR) is 145 cm³/mol. The Balaban J connectivity index is 1.35. The van der Waals surface area contributed by atoms with Gasteiger partial charge >= 0.3 is 5.97 Å². The average Bonchev–Trinajstić information content (AvgIpc) is 2.99. The number of carbonyl (C=O) groups excluding carboxylic acids is 2. The molecule has 4 aliphatic rings. The number of nitrogens with one attached hydrogen (secondary N) is 1. The molecule has 2 heterocycles. The Morgan fingerprint density at radius 3 is 2.51 bits per heavy atom. The van der Waals surface area contributed by atoms with E-state index in [0.717, 1.165) is 0 Å². The molecule has 6 atom stereocenters. The minimum atomic E-state index is -2.41. The minimum absolute atomic E-state index is 0.0417. The number of morpholine rings is 1. The fourth-order valence-electron chi connectivity index (χ4n) is 6.43. The maximum atomic E-state index is 13.7. The summed E-state index contributed by atoms with van der Waals surface area (Å²) in [5.74, 6) is -4.30. The quantitative estimate of drug-likeness (QED) is 0.257. The van der Waals surface area contributed by atoms with Crippen molar-refractivity contribution in [2.75, 3.05) is 26.9 Å². The van der Waals surface area contributed by atoms with Crippen LogP contribution in [0.3, 0.4) is 0 Å². The molecule has 0 aromatic heterocycles. The molecule has 0 radical (unpaired) electrons. The van der Waals surface area contributed by atoms with Gasteiger partial charge in [0, 0.05) is 42.5 Å². The number of benzene rings is 2. The molecule has 13 nitrogen and oxygen atoms in total. The molecule has 0 bridgehead atoms. The van der Waals surface area contributed by atoms with E-state index in [4.69, 9.17) is 23.7 Å². The molecule has 0 unspecified atom stereocenters. The first-order valence-electron chi connectivity index (χ1n) is 14.1. The van der Waals surface area contributed by atoms with E-state index in [1.807, 2.05) is 0 Å². The van der Waals surface area contributed by atoms with E-state index >= 15 is 0 Å². The number of rotatable bonds is 6. The number of aliphatic carboxylic acids is 1. The number of hydrogen-bond acceptors (Lipinski definition) is 12. The van der Waals surface area contributed by atoms with Crippen LogP contribution in [-0.4, -0.2) is 95.2 Å². The van der Waals surface area contributed by atoms with Gasteiger partial charge in [0.05, 0.1) is 55.3 Å². The van der Waals surface area contributed by atoms with Crippen molar-refractivity contribution in [3.8, 4) is 17.2 Å². The Morgan fingerprint density at radius 2 is 1.84 bits per heavy atom. The van der Waals surface area contributed by atoms with Crippen molar-refractivity contribution in [3.05, 3.63) is 51.6 Å². The molecule has 2 aromatic carbocycles. The van der Waals surface area contributed by atoms with Crippen LogP contribution in [0.4, 0.5) is 0 Å². The standard InChI is InChI=1S/C30H33NO12/c1-13-16(42-19-12-40-9-8-31-19)6-7-20(41-13)43-18-11-30(38,29(36)37)10-15-22(18)28(35)24-23(26(15)33)25(32)14-4-3-5-17(39-2)21(14)27(24)34/h3-5,13,16,18-20,31,33,35,38H,6-12H2,1-2H3,(H,36,37)/t13-,16-,18-,19+,20-,30-/m0/s1. The van der Waals surface area contributed by atoms with Crippen LogP contribution >= 0.6 is 0 Å². The highest BCUT2D eigenvalue weighted by Gasteiger charge is 2.50. The summed E-state index contributed by atoms with van der Waals surface area (Å²) in [6.45, 7) is 3.48. The van der Waals surface area contributed by atoms with Crippen molar-refractivity contribution >= 4 is 17.5 Å². The van der Waals surface area contributed by atoms with E-state index in [0.29, 0.717) is 32.6 Å². The topological polar surface area (TPSA) is 190 Å². The summed E-state index contributed by atoms with van der Waals surface area (Å²) in [6, 6.07) is 4.40. The first kappa shape index (κ1) is 29.5. The number of phenolic OH excluding ortho intramolecular Hbond substituents is 2. The molecule has 43 heavy (non-hydrogen) atoms. The van der Waals surface area contributed by atoms with E-state index in [9.17, 15) is 34.8 Å². The van der Waals surface area contributed by atoms with Gasteiger partial charge in [-0.15, -0.1) is 0 Å². The fourth-order valence-corrected chi connectivity index (χ4v) is 6.43. The van der Waals surface area contributed by atoms with Gasteiger partial charge in [0.1, 0.15) is 23.5 Å². The molecular weight excluding hydrogens is 566 g/mol. The van der Waals surface area contributed by atoms with Crippen LogP contribution in [0.1, 0.15) is 75.3 Å². The number of aliphatic hydroxyl groups is 1. The summed E-state index contributed by atoms with van der Waals surface area (Å²) in [4.78, 5) is 39.5. The van der Waals surface area contributed by atoms with Gasteiger partial charge in [-0.2, -0.15) is 0 Å². The maximum Gasteiger partial charge on any atom is 0.336 e. The zero-order valence-corrected chi connectivity index (χ0v) is 23.6. The van der Waals surface area contributed by atoms with Gasteiger partial charge in [-0.05, 0) is 19.4 Å². The van der Waals surface area contributed by atoms with E-state index in [1.165, 1.54) is 25.3 Å². The monoisotopic (exact) mass is 599 g/mol. The highest BCUT2D eigenvalue weighted by molar-refractivity contribution is 6.31. The summed E-state index contributed by atoms with van der Waals surface area (Å²) >= 11 is 0. The Hall–Kier alpha value is -3.59. The number of fused-ring (bicyclic) bond motifs is 3. The van der Waals surface area contributed by atoms with E-state index in [1.54, 1.807) is 6.92 Å². The average molecular weight is 600 g/mol. The lowest BCUT2D eigenvalue weighted by Crippen LogP contribution is -2.50. The Labute approximate surface area is 246 Å². The molecule has 2 fully saturated rings. The van der Waals surface area contributed by atoms with Gasteiger partial charge in [-0.3, -0.25) is 14.9 Å². The van der Waals surface area contributed by atoms with Gasteiger partial charge in [0.2, 0.25) is 5.78 Å². The van der Waals surface area contributed by atoms with Crippen molar-refractivity contribution in [2.45, 2.75) is 69.0 Å². The van der Waals surface area contributed by atoms with Gasteiger partial charge < -0.3 is 44.1 Å². The number of carbonyl (C=O) groups is 3. The van der Waals surface area contributed by atoms with Crippen molar-refractivity contribution in [1.82, 2.24) is 5.32 Å². The molecule has 0 spiro atoms. The normalized spacial score (nSPS) is 30.3. The first-order chi connectivity index (χ1) is 20.5. The van der Waals surface area contributed by atoms with Crippen LogP contribution in [0, 0.1) is 0 Å². The van der Waals surface area contributed by atoms with Crippen molar-refractivity contribution in [2.24, 2.45) is 0 Å². The Morgan fingerprint density at radius 1 is 1.07 bits per heavy atom. The summed E-state index contributed by atoms with van der Waals surface area (Å²) in [5.41, 5.74) is -3.71. The molecule has 2 aromatic rings. The maximum absolute atomic E-state index is 13.7. The van der Waals surface area contributed by atoms with Gasteiger partial charge in [-0.25, -0.2) is 4.79 Å². The molecule has 230 valence electrons. The molecule has 2 aliphatic carbocycles. The Kier molecular flexibility index (Phi) is 7.65. The zero-order valence-electron chi connectivity index (χ0n) is 23.6. The smallest absolute Gasteiger partial charge is 0.336 e. The fraction of sp³-hybridized carbons (Fsp3) is 0.500. The van der Waals surface area contributed by atoms with Crippen molar-refractivity contribution in [3.63, 3.8) is 0 Å². The molecule has 2 saturated heterocycles. The molecule has 5 N–H and O–H groups in total. The summed E-state index contributed by atoms with van der Waals surface area (Å²) in [7, 11) is 1.34. The highest BCUT2D eigenvalue weighted by atomic mass is 16.7. The van der Waals surface area contributed by atoms with Gasteiger partial charge in [-0.1, -0.05) is 12.1 Å². The number of methoxy groups -OCH3 is 1. The molecule has 0 amide bonds. The number of aromatic hydroxyl groups is 2. The second-order valence-electron chi connectivity index (χ2n) is 11.3. The third-order valence-corrected chi connectivity index (χ3v) is 8.59. The van der Waals surface area contributed by atoms with Crippen LogP contribution in [0.25, 0.3) is 0 Å². The van der Waals surface area contributed by atoms with Crippen LogP contribution in [-0.2, 0) is 30.2 Å². The second kappa shape index (κ2) is 11.2. The lowest BCUT2D eigenvalue weighted by atomic mass is 9.73. The van der Waals surface area contributed by atoms with Crippen LogP contribution < -0.4 is 10.1 Å².